The summed E-state index contributed by atoms with van der Waals surface area (Å²) < 4.78 is 11.8. The second-order valence-electron chi connectivity index (χ2n) is 6.02. The minimum absolute atomic E-state index is 0.00434. The van der Waals surface area contributed by atoms with Gasteiger partial charge in [-0.1, -0.05) is 6.07 Å². The van der Waals surface area contributed by atoms with Crippen LogP contribution in [0.5, 0.6) is 5.75 Å². The molecule has 0 bridgehead atoms. The van der Waals surface area contributed by atoms with E-state index < -0.39 is 10.8 Å². The average molecular weight is 458 g/mol. The molecule has 0 atom stereocenters. The van der Waals surface area contributed by atoms with Crippen LogP contribution in [0.25, 0.3) is 11.3 Å². The van der Waals surface area contributed by atoms with Crippen molar-refractivity contribution < 1.29 is 18.9 Å². The standard InChI is InChI=1S/C20H16BrN3O5/c1-13-2-8-19(17(21)10-13)28-12-20(25)23-22-11-16-7-9-18(29-16)14-3-5-15(6-4-14)24(26)27/h2-11H,12H2,1H3,(H,23,25)/b22-11-. The number of hydrogen-bond donors (Lipinski definition) is 1. The number of carbonyl (C=O) groups excluding carboxylic acids is 1. The smallest absolute Gasteiger partial charge is 0.277 e. The summed E-state index contributed by atoms with van der Waals surface area (Å²) in [5, 5.41) is 14.5. The fourth-order valence-electron chi connectivity index (χ4n) is 2.39. The van der Waals surface area contributed by atoms with Gasteiger partial charge in [-0.25, -0.2) is 5.43 Å². The lowest BCUT2D eigenvalue weighted by atomic mass is 10.1. The summed E-state index contributed by atoms with van der Waals surface area (Å²) >= 11 is 3.38. The Morgan fingerprint density at radius 3 is 2.69 bits per heavy atom. The number of aryl methyl sites for hydroxylation is 1. The van der Waals surface area contributed by atoms with Gasteiger partial charge in [0.15, 0.2) is 6.61 Å². The summed E-state index contributed by atoms with van der Waals surface area (Å²) in [5.74, 6) is 1.09. The zero-order valence-corrected chi connectivity index (χ0v) is 16.9. The topological polar surface area (TPSA) is 107 Å². The third-order valence-corrected chi connectivity index (χ3v) is 4.44. The van der Waals surface area contributed by atoms with Crippen LogP contribution in [0.2, 0.25) is 0 Å². The van der Waals surface area contributed by atoms with E-state index in [4.69, 9.17) is 9.15 Å². The predicted molar refractivity (Wildman–Crippen MR) is 111 cm³/mol. The van der Waals surface area contributed by atoms with Gasteiger partial charge < -0.3 is 9.15 Å². The third kappa shape index (κ3) is 5.52. The number of nitro groups is 1. The van der Waals surface area contributed by atoms with Gasteiger partial charge in [0.1, 0.15) is 17.3 Å². The molecule has 0 aliphatic rings. The quantitative estimate of drug-likeness (QED) is 0.320. The molecule has 0 aliphatic heterocycles. The van der Waals surface area contributed by atoms with Gasteiger partial charge in [-0.3, -0.25) is 14.9 Å². The van der Waals surface area contributed by atoms with Gasteiger partial charge in [-0.15, -0.1) is 0 Å². The maximum absolute atomic E-state index is 11.8. The van der Waals surface area contributed by atoms with Crippen LogP contribution in [0, 0.1) is 17.0 Å². The molecule has 3 aromatic rings. The van der Waals surface area contributed by atoms with Gasteiger partial charge in [-0.2, -0.15) is 5.10 Å². The summed E-state index contributed by atoms with van der Waals surface area (Å²) in [4.78, 5) is 22.1. The van der Waals surface area contributed by atoms with E-state index in [0.717, 1.165) is 10.0 Å². The van der Waals surface area contributed by atoms with E-state index in [1.54, 1.807) is 30.3 Å². The molecule has 148 valence electrons. The van der Waals surface area contributed by atoms with Crippen LogP contribution in [0.1, 0.15) is 11.3 Å². The summed E-state index contributed by atoms with van der Waals surface area (Å²) in [7, 11) is 0. The average Bonchev–Trinajstić information content (AvgIpc) is 3.16. The van der Waals surface area contributed by atoms with Gasteiger partial charge in [-0.05, 0) is 64.8 Å². The Kier molecular flexibility index (Phi) is 6.40. The third-order valence-electron chi connectivity index (χ3n) is 3.82. The molecule has 0 saturated heterocycles. The number of furan rings is 1. The molecule has 0 unspecified atom stereocenters. The Morgan fingerprint density at radius 1 is 1.24 bits per heavy atom. The van der Waals surface area contributed by atoms with Crippen LogP contribution < -0.4 is 10.2 Å². The molecule has 0 spiro atoms. The number of rotatable bonds is 7. The van der Waals surface area contributed by atoms with Crippen molar-refractivity contribution in [2.24, 2.45) is 5.10 Å². The molecule has 1 aromatic heterocycles. The first-order chi connectivity index (χ1) is 13.9. The largest absolute Gasteiger partial charge is 0.483 e. The molecule has 8 nitrogen and oxygen atoms in total. The molecule has 0 radical (unpaired) electrons. The number of amides is 1. The van der Waals surface area contributed by atoms with Crippen molar-refractivity contribution in [2.75, 3.05) is 6.61 Å². The van der Waals surface area contributed by atoms with Crippen molar-refractivity contribution in [2.45, 2.75) is 6.92 Å². The fourth-order valence-corrected chi connectivity index (χ4v) is 3.00. The fraction of sp³-hybridized carbons (Fsp3) is 0.100. The summed E-state index contributed by atoms with van der Waals surface area (Å²) in [5.41, 5.74) is 4.13. The minimum Gasteiger partial charge on any atom is -0.483 e. The molecule has 0 aliphatic carbocycles. The first-order valence-corrected chi connectivity index (χ1v) is 9.27. The second kappa shape index (κ2) is 9.16. The van der Waals surface area contributed by atoms with E-state index in [1.807, 2.05) is 19.1 Å². The van der Waals surface area contributed by atoms with Crippen molar-refractivity contribution >= 4 is 33.7 Å². The highest BCUT2D eigenvalue weighted by Gasteiger charge is 2.08. The van der Waals surface area contributed by atoms with Gasteiger partial charge in [0.2, 0.25) is 0 Å². The number of nitrogens with zero attached hydrogens (tertiary/aromatic N) is 2. The zero-order valence-electron chi connectivity index (χ0n) is 15.3. The Morgan fingerprint density at radius 2 is 2.00 bits per heavy atom. The van der Waals surface area contributed by atoms with E-state index in [0.29, 0.717) is 22.8 Å². The number of hydrogen-bond acceptors (Lipinski definition) is 6. The number of benzene rings is 2. The Hall–Kier alpha value is -3.46. The molecular formula is C20H16BrN3O5. The highest BCUT2D eigenvalue weighted by Crippen LogP contribution is 2.26. The molecule has 1 N–H and O–H groups in total. The van der Waals surface area contributed by atoms with E-state index in [-0.39, 0.29) is 12.3 Å². The van der Waals surface area contributed by atoms with Crippen LogP contribution in [-0.4, -0.2) is 23.7 Å². The second-order valence-corrected chi connectivity index (χ2v) is 6.88. The summed E-state index contributed by atoms with van der Waals surface area (Å²) in [6, 6.07) is 14.9. The normalized spacial score (nSPS) is 10.8. The number of hydrazone groups is 1. The Bertz CT molecular complexity index is 1060. The molecule has 3 rings (SSSR count). The monoisotopic (exact) mass is 457 g/mol. The minimum atomic E-state index is -0.464. The first kappa shape index (κ1) is 20.3. The molecule has 1 amide bonds. The summed E-state index contributed by atoms with van der Waals surface area (Å²) in [6.45, 7) is 1.77. The molecule has 9 heteroatoms. The number of ether oxygens (including phenoxy) is 1. The lowest BCUT2D eigenvalue weighted by Gasteiger charge is -2.07. The first-order valence-electron chi connectivity index (χ1n) is 8.48. The van der Waals surface area contributed by atoms with E-state index >= 15 is 0 Å². The van der Waals surface area contributed by atoms with E-state index in [9.17, 15) is 14.9 Å². The van der Waals surface area contributed by atoms with Crippen molar-refractivity contribution in [3.8, 4) is 17.1 Å². The van der Waals surface area contributed by atoms with Gasteiger partial charge in [0, 0.05) is 17.7 Å². The molecular weight excluding hydrogens is 442 g/mol. The molecule has 0 fully saturated rings. The molecule has 2 aromatic carbocycles. The predicted octanol–water partition coefficient (Wildman–Crippen LogP) is 4.45. The lowest BCUT2D eigenvalue weighted by Crippen LogP contribution is -2.24. The van der Waals surface area contributed by atoms with Crippen LogP contribution in [0.3, 0.4) is 0 Å². The molecule has 1 heterocycles. The van der Waals surface area contributed by atoms with Crippen LogP contribution in [0.4, 0.5) is 5.69 Å². The molecule has 0 saturated carbocycles. The maximum Gasteiger partial charge on any atom is 0.277 e. The van der Waals surface area contributed by atoms with Gasteiger partial charge >= 0.3 is 0 Å². The lowest BCUT2D eigenvalue weighted by molar-refractivity contribution is -0.384. The Labute approximate surface area is 174 Å². The Balaban J connectivity index is 1.52. The van der Waals surface area contributed by atoms with Crippen LogP contribution >= 0.6 is 15.9 Å². The van der Waals surface area contributed by atoms with Gasteiger partial charge in [0.05, 0.1) is 15.6 Å². The van der Waals surface area contributed by atoms with Crippen LogP contribution in [-0.2, 0) is 4.79 Å². The van der Waals surface area contributed by atoms with Gasteiger partial charge in [0.25, 0.3) is 11.6 Å². The van der Waals surface area contributed by atoms with Crippen molar-refractivity contribution in [1.82, 2.24) is 5.43 Å². The summed E-state index contributed by atoms with van der Waals surface area (Å²) in [6.07, 6.45) is 1.36. The van der Waals surface area contributed by atoms with Crippen molar-refractivity contribution in [3.63, 3.8) is 0 Å². The number of non-ortho nitro benzene ring substituents is 1. The van der Waals surface area contributed by atoms with E-state index in [2.05, 4.69) is 26.5 Å². The number of carbonyl (C=O) groups is 1. The maximum atomic E-state index is 11.8. The number of halogens is 1. The highest BCUT2D eigenvalue weighted by atomic mass is 79.9. The number of nitrogens with one attached hydrogen (secondary N) is 1. The van der Waals surface area contributed by atoms with Crippen molar-refractivity contribution in [1.29, 1.82) is 0 Å². The number of nitro benzene ring substituents is 1. The van der Waals surface area contributed by atoms with E-state index in [1.165, 1.54) is 18.3 Å². The van der Waals surface area contributed by atoms with Crippen molar-refractivity contribution in [3.05, 3.63) is 80.5 Å². The highest BCUT2D eigenvalue weighted by molar-refractivity contribution is 9.10. The SMILES string of the molecule is Cc1ccc(OCC(=O)N/N=C\c2ccc(-c3ccc([N+](=O)[O-])cc3)o2)c(Br)c1. The van der Waals surface area contributed by atoms with Crippen LogP contribution in [0.15, 0.2) is 68.6 Å². The zero-order chi connectivity index (χ0) is 20.8. The molecule has 29 heavy (non-hydrogen) atoms.